The molecule has 0 aromatic heterocycles. The molecule has 0 rings (SSSR count). The normalized spacial score (nSPS) is 6.43. The number of nitrogens with zero attached hydrogens (tertiary/aromatic N) is 2. The number of hydrogen-bond acceptors (Lipinski definition) is 4. The van der Waals surface area contributed by atoms with Gasteiger partial charge < -0.3 is 15.5 Å². The summed E-state index contributed by atoms with van der Waals surface area (Å²) in [4.78, 5) is 23.6. The van der Waals surface area contributed by atoms with E-state index < -0.39 is 0 Å². The Labute approximate surface area is 85.4 Å². The lowest BCUT2D eigenvalue weighted by Crippen LogP contribution is -2.31. The molecule has 6 heteroatoms. The molecule has 14 heavy (non-hydrogen) atoms. The van der Waals surface area contributed by atoms with Crippen molar-refractivity contribution in [1.82, 2.24) is 15.5 Å². The van der Waals surface area contributed by atoms with Gasteiger partial charge in [-0.3, -0.25) is 0 Å². The monoisotopic (exact) mass is 204 g/mol. The van der Waals surface area contributed by atoms with Crippen LogP contribution in [0, 0.1) is 0 Å². The number of urea groups is 1. The third-order valence-corrected chi connectivity index (χ3v) is 0.711. The minimum atomic E-state index is -0.0694. The van der Waals surface area contributed by atoms with E-state index in [4.69, 9.17) is 4.79 Å². The summed E-state index contributed by atoms with van der Waals surface area (Å²) in [5, 5.41) is 5.20. The lowest BCUT2D eigenvalue weighted by molar-refractivity contribution is 0.219. The van der Waals surface area contributed by atoms with E-state index in [1.54, 1.807) is 21.1 Å². The summed E-state index contributed by atoms with van der Waals surface area (Å²) in [6.45, 7) is 0. The zero-order chi connectivity index (χ0) is 12.0. The summed E-state index contributed by atoms with van der Waals surface area (Å²) in [6.07, 6.45) is 1.31. The first-order chi connectivity index (χ1) is 6.51. The van der Waals surface area contributed by atoms with E-state index in [2.05, 4.69) is 15.6 Å². The molecule has 0 aromatic rings. The lowest BCUT2D eigenvalue weighted by Gasteiger charge is -2.06. The third kappa shape index (κ3) is 31.1. The maximum atomic E-state index is 10.3. The van der Waals surface area contributed by atoms with Crippen molar-refractivity contribution in [2.45, 2.75) is 0 Å². The molecule has 84 valence electrons. The predicted octanol–water partition coefficient (Wildman–Crippen LogP) is -0.325. The number of carbonyl (C=O) groups excluding carboxylic acids is 2. The van der Waals surface area contributed by atoms with Crippen molar-refractivity contribution in [2.75, 3.05) is 42.3 Å². The maximum absolute atomic E-state index is 10.3. The van der Waals surface area contributed by atoms with Crippen LogP contribution in [0.5, 0.6) is 0 Å². The molecule has 0 aliphatic rings. The Morgan fingerprint density at radius 1 is 1.29 bits per heavy atom. The molecule has 0 aliphatic heterocycles. The van der Waals surface area contributed by atoms with Crippen molar-refractivity contribution in [3.8, 4) is 0 Å². The van der Waals surface area contributed by atoms with E-state index in [9.17, 15) is 4.79 Å². The quantitative estimate of drug-likeness (QED) is 0.419. The fourth-order valence-electron chi connectivity index (χ4n) is 0.224. The van der Waals surface area contributed by atoms with Gasteiger partial charge in [0.15, 0.2) is 0 Å². The van der Waals surface area contributed by atoms with Crippen LogP contribution in [0.3, 0.4) is 0 Å². The van der Waals surface area contributed by atoms with Crippen LogP contribution in [-0.2, 0) is 4.79 Å². The fourth-order valence-corrected chi connectivity index (χ4v) is 0.224. The first-order valence-electron chi connectivity index (χ1n) is 3.95. The SMILES string of the molecule is CN=C=O.CNC.CNC(=O)N(C)C. The zero-order valence-corrected chi connectivity index (χ0v) is 9.71. The molecule has 0 aliphatic carbocycles. The number of nitrogens with one attached hydrogen (secondary N) is 2. The molecule has 0 fully saturated rings. The molecule has 0 unspecified atom stereocenters. The second kappa shape index (κ2) is 17.6. The van der Waals surface area contributed by atoms with Crippen LogP contribution in [0.1, 0.15) is 0 Å². The highest BCUT2D eigenvalue weighted by Crippen LogP contribution is 1.70. The van der Waals surface area contributed by atoms with Gasteiger partial charge in [0.25, 0.3) is 0 Å². The van der Waals surface area contributed by atoms with Crippen LogP contribution < -0.4 is 10.6 Å². The third-order valence-electron chi connectivity index (χ3n) is 0.711. The van der Waals surface area contributed by atoms with Gasteiger partial charge >= 0.3 is 6.03 Å². The molecule has 0 atom stereocenters. The molecule has 0 aromatic carbocycles. The van der Waals surface area contributed by atoms with Crippen LogP contribution >= 0.6 is 0 Å². The smallest absolute Gasteiger partial charge is 0.316 e. The molecule has 0 spiro atoms. The average Bonchev–Trinajstić information content (AvgIpc) is 2.18. The van der Waals surface area contributed by atoms with Gasteiger partial charge in [0.2, 0.25) is 6.08 Å². The summed E-state index contributed by atoms with van der Waals surface area (Å²) in [7, 11) is 10.1. The van der Waals surface area contributed by atoms with E-state index in [1.807, 2.05) is 14.1 Å². The summed E-state index contributed by atoms with van der Waals surface area (Å²) in [5.74, 6) is 0. The van der Waals surface area contributed by atoms with Crippen LogP contribution in [0.2, 0.25) is 0 Å². The lowest BCUT2D eigenvalue weighted by atomic mass is 10.8. The number of aliphatic imine (C=N–C) groups is 1. The molecule has 0 saturated heterocycles. The number of carbonyl (C=O) groups is 1. The Morgan fingerprint density at radius 2 is 1.57 bits per heavy atom. The van der Waals surface area contributed by atoms with Crippen molar-refractivity contribution < 1.29 is 9.59 Å². The predicted molar refractivity (Wildman–Crippen MR) is 57.2 cm³/mol. The number of amides is 2. The van der Waals surface area contributed by atoms with Gasteiger partial charge in [0.05, 0.1) is 0 Å². The number of rotatable bonds is 0. The summed E-state index contributed by atoms with van der Waals surface area (Å²) in [5.41, 5.74) is 0. The molecular weight excluding hydrogens is 184 g/mol. The van der Waals surface area contributed by atoms with Crippen LogP contribution in [0.15, 0.2) is 4.99 Å². The number of isocyanates is 1. The second-order valence-electron chi connectivity index (χ2n) is 2.26. The second-order valence-corrected chi connectivity index (χ2v) is 2.26. The molecule has 0 saturated carbocycles. The van der Waals surface area contributed by atoms with Crippen molar-refractivity contribution >= 4 is 12.1 Å². The molecule has 2 amide bonds. The molecule has 2 N–H and O–H groups in total. The van der Waals surface area contributed by atoms with Crippen molar-refractivity contribution in [3.05, 3.63) is 0 Å². The molecule has 0 bridgehead atoms. The maximum Gasteiger partial charge on any atom is 0.316 e. The van der Waals surface area contributed by atoms with E-state index in [-0.39, 0.29) is 6.03 Å². The van der Waals surface area contributed by atoms with E-state index in [0.29, 0.717) is 0 Å². The Bertz CT molecular complexity index is 165. The average molecular weight is 204 g/mol. The van der Waals surface area contributed by atoms with Gasteiger partial charge in [-0.05, 0) is 14.1 Å². The first-order valence-corrected chi connectivity index (χ1v) is 3.95. The van der Waals surface area contributed by atoms with Crippen molar-refractivity contribution in [3.63, 3.8) is 0 Å². The van der Waals surface area contributed by atoms with Crippen LogP contribution in [-0.4, -0.2) is 59.3 Å². The van der Waals surface area contributed by atoms with Gasteiger partial charge in [-0.2, -0.15) is 0 Å². The Kier molecular flexibility index (Phi) is 23.2. The van der Waals surface area contributed by atoms with Crippen molar-refractivity contribution in [1.29, 1.82) is 0 Å². The molecule has 0 radical (unpaired) electrons. The Morgan fingerprint density at radius 3 is 1.57 bits per heavy atom. The summed E-state index contributed by atoms with van der Waals surface area (Å²) in [6, 6.07) is -0.0694. The van der Waals surface area contributed by atoms with Crippen molar-refractivity contribution in [2.24, 2.45) is 4.99 Å². The zero-order valence-electron chi connectivity index (χ0n) is 9.71. The topological polar surface area (TPSA) is 73.8 Å². The van der Waals surface area contributed by atoms with Gasteiger partial charge in [-0.25, -0.2) is 14.6 Å². The van der Waals surface area contributed by atoms with Crippen LogP contribution in [0.25, 0.3) is 0 Å². The summed E-state index contributed by atoms with van der Waals surface area (Å²) >= 11 is 0. The molecule has 0 heterocycles. The van der Waals surface area contributed by atoms with Gasteiger partial charge in [-0.15, -0.1) is 0 Å². The largest absolute Gasteiger partial charge is 0.341 e. The number of hydrogen-bond donors (Lipinski definition) is 2. The van der Waals surface area contributed by atoms with E-state index in [0.717, 1.165) is 0 Å². The minimum absolute atomic E-state index is 0.0694. The standard InChI is InChI=1S/C4H10N2O.C2H3NO.C2H7N/c1-5-4(7)6(2)3;1-3-2-4;1-3-2/h1-3H3,(H,5,7);1H3;3H,1-2H3. The highest BCUT2D eigenvalue weighted by Gasteiger charge is 1.94. The first kappa shape index (κ1) is 18.4. The van der Waals surface area contributed by atoms with E-state index in [1.165, 1.54) is 18.0 Å². The van der Waals surface area contributed by atoms with Gasteiger partial charge in [0.1, 0.15) is 0 Å². The molecular formula is C8H20N4O2. The van der Waals surface area contributed by atoms with E-state index >= 15 is 0 Å². The minimum Gasteiger partial charge on any atom is -0.341 e. The Hall–Kier alpha value is -1.39. The highest BCUT2D eigenvalue weighted by molar-refractivity contribution is 5.72. The molecule has 6 nitrogen and oxygen atoms in total. The van der Waals surface area contributed by atoms with Gasteiger partial charge in [0, 0.05) is 28.2 Å². The van der Waals surface area contributed by atoms with Crippen LogP contribution in [0.4, 0.5) is 4.79 Å². The fraction of sp³-hybridized carbons (Fsp3) is 0.750. The highest BCUT2D eigenvalue weighted by atomic mass is 16.2. The summed E-state index contributed by atoms with van der Waals surface area (Å²) < 4.78 is 0. The Balaban J connectivity index is -0.000000147. The van der Waals surface area contributed by atoms with Gasteiger partial charge in [-0.1, -0.05) is 0 Å².